The maximum absolute atomic E-state index is 12.5. The predicted molar refractivity (Wildman–Crippen MR) is 99.8 cm³/mol. The van der Waals surface area contributed by atoms with Gasteiger partial charge in [-0.3, -0.25) is 4.79 Å². The molecule has 3 nitrogen and oxygen atoms in total. The van der Waals surface area contributed by atoms with E-state index in [1.807, 2.05) is 35.2 Å². The molecule has 0 unspecified atom stereocenters. The average Bonchev–Trinajstić information content (AvgIpc) is 2.54. The Morgan fingerprint density at radius 3 is 2.61 bits per heavy atom. The van der Waals surface area contributed by atoms with Crippen LogP contribution >= 0.6 is 12.4 Å². The monoisotopic (exact) mass is 336 g/mol. The number of aryl methyl sites for hydroxylation is 1. The van der Waals surface area contributed by atoms with E-state index >= 15 is 0 Å². The lowest BCUT2D eigenvalue weighted by Gasteiger charge is -2.29. The van der Waals surface area contributed by atoms with Crippen molar-refractivity contribution in [1.82, 2.24) is 4.90 Å². The number of carbonyl (C=O) groups is 1. The van der Waals surface area contributed by atoms with Gasteiger partial charge in [-0.05, 0) is 36.8 Å². The van der Waals surface area contributed by atoms with E-state index in [1.165, 1.54) is 32.1 Å². The number of hydrogen-bond donors (Lipinski definition) is 1. The molecule has 0 saturated heterocycles. The number of benzene rings is 1. The van der Waals surface area contributed by atoms with Crippen LogP contribution in [0.25, 0.3) is 0 Å². The molecule has 1 fully saturated rings. The summed E-state index contributed by atoms with van der Waals surface area (Å²) in [4.78, 5) is 14.5. The zero-order valence-electron chi connectivity index (χ0n) is 13.9. The molecule has 1 saturated carbocycles. The zero-order valence-corrected chi connectivity index (χ0v) is 14.7. The molecule has 0 atom stereocenters. The van der Waals surface area contributed by atoms with Gasteiger partial charge in [-0.15, -0.1) is 19.0 Å². The van der Waals surface area contributed by atoms with Crippen molar-refractivity contribution in [1.29, 1.82) is 0 Å². The van der Waals surface area contributed by atoms with Gasteiger partial charge in [0.1, 0.15) is 0 Å². The molecule has 2 N–H and O–H groups in total. The van der Waals surface area contributed by atoms with Crippen LogP contribution in [-0.4, -0.2) is 23.9 Å². The van der Waals surface area contributed by atoms with Crippen LogP contribution in [0.4, 0.5) is 5.69 Å². The van der Waals surface area contributed by atoms with Crippen molar-refractivity contribution in [3.05, 3.63) is 42.5 Å². The SMILES string of the molecule is C=CCN(CC1CCCCC1)C(=O)CCc1ccccc1N.Cl. The van der Waals surface area contributed by atoms with Gasteiger partial charge in [0, 0.05) is 25.2 Å². The van der Waals surface area contributed by atoms with Crippen LogP contribution in [0, 0.1) is 5.92 Å². The Morgan fingerprint density at radius 2 is 1.96 bits per heavy atom. The van der Waals surface area contributed by atoms with Crippen LogP contribution in [0.3, 0.4) is 0 Å². The normalized spacial score (nSPS) is 14.8. The summed E-state index contributed by atoms with van der Waals surface area (Å²) in [7, 11) is 0. The van der Waals surface area contributed by atoms with Crippen LogP contribution in [0.1, 0.15) is 44.1 Å². The molecule has 0 aliphatic heterocycles. The number of nitrogens with two attached hydrogens (primary N) is 1. The number of halogens is 1. The molecule has 2 rings (SSSR count). The van der Waals surface area contributed by atoms with Gasteiger partial charge in [-0.1, -0.05) is 43.5 Å². The van der Waals surface area contributed by atoms with Crippen molar-refractivity contribution >= 4 is 24.0 Å². The molecule has 0 heterocycles. The van der Waals surface area contributed by atoms with Crippen molar-refractivity contribution in [2.45, 2.75) is 44.9 Å². The lowest BCUT2D eigenvalue weighted by Crippen LogP contribution is -2.36. The molecule has 1 amide bonds. The van der Waals surface area contributed by atoms with Crippen LogP contribution in [0.15, 0.2) is 36.9 Å². The Balaban J connectivity index is 0.00000264. The first-order chi connectivity index (χ1) is 10.7. The Kier molecular flexibility index (Phi) is 8.78. The summed E-state index contributed by atoms with van der Waals surface area (Å²) in [6.45, 7) is 5.33. The Bertz CT molecular complexity index is 498. The van der Waals surface area contributed by atoms with E-state index in [9.17, 15) is 4.79 Å². The van der Waals surface area contributed by atoms with Crippen LogP contribution in [0.2, 0.25) is 0 Å². The summed E-state index contributed by atoms with van der Waals surface area (Å²) in [5.41, 5.74) is 7.79. The number of anilines is 1. The number of nitrogen functional groups attached to an aromatic ring is 1. The molecule has 23 heavy (non-hydrogen) atoms. The predicted octanol–water partition coefficient (Wildman–Crippen LogP) is 4.22. The van der Waals surface area contributed by atoms with E-state index in [0.29, 0.717) is 25.3 Å². The highest BCUT2D eigenvalue weighted by atomic mass is 35.5. The Morgan fingerprint density at radius 1 is 1.26 bits per heavy atom. The van der Waals surface area contributed by atoms with Gasteiger partial charge in [-0.2, -0.15) is 0 Å². The summed E-state index contributed by atoms with van der Waals surface area (Å²) >= 11 is 0. The minimum Gasteiger partial charge on any atom is -0.399 e. The molecule has 0 bridgehead atoms. The summed E-state index contributed by atoms with van der Waals surface area (Å²) in [6.07, 6.45) is 9.54. The van der Waals surface area contributed by atoms with Crippen molar-refractivity contribution in [2.75, 3.05) is 18.8 Å². The van der Waals surface area contributed by atoms with E-state index in [2.05, 4.69) is 6.58 Å². The second-order valence-corrected chi connectivity index (χ2v) is 6.29. The number of amides is 1. The third-order valence-electron chi connectivity index (χ3n) is 4.57. The molecule has 0 aromatic heterocycles. The summed E-state index contributed by atoms with van der Waals surface area (Å²) in [6, 6.07) is 7.79. The van der Waals surface area contributed by atoms with Gasteiger partial charge in [0.25, 0.3) is 0 Å². The number of para-hydroxylation sites is 1. The summed E-state index contributed by atoms with van der Waals surface area (Å²) in [5, 5.41) is 0. The van der Waals surface area contributed by atoms with Crippen LogP contribution < -0.4 is 5.73 Å². The zero-order chi connectivity index (χ0) is 15.8. The lowest BCUT2D eigenvalue weighted by molar-refractivity contribution is -0.131. The molecular formula is C19H29ClN2O. The quantitative estimate of drug-likeness (QED) is 0.598. The van der Waals surface area contributed by atoms with E-state index < -0.39 is 0 Å². The van der Waals surface area contributed by atoms with E-state index in [-0.39, 0.29) is 18.3 Å². The number of hydrogen-bond acceptors (Lipinski definition) is 2. The van der Waals surface area contributed by atoms with Gasteiger partial charge < -0.3 is 10.6 Å². The van der Waals surface area contributed by atoms with Gasteiger partial charge in [0.15, 0.2) is 0 Å². The van der Waals surface area contributed by atoms with Crippen molar-refractivity contribution in [3.63, 3.8) is 0 Å². The summed E-state index contributed by atoms with van der Waals surface area (Å²) in [5.74, 6) is 0.883. The first-order valence-electron chi connectivity index (χ1n) is 8.42. The fraction of sp³-hybridized carbons (Fsp3) is 0.526. The highest BCUT2D eigenvalue weighted by molar-refractivity contribution is 5.85. The fourth-order valence-electron chi connectivity index (χ4n) is 3.28. The standard InChI is InChI=1S/C19H28N2O.ClH/c1-2-14-21(15-16-8-4-3-5-9-16)19(22)13-12-17-10-6-7-11-18(17)20;/h2,6-7,10-11,16H,1,3-5,8-9,12-15,20H2;1H. The molecule has 128 valence electrons. The van der Waals surface area contributed by atoms with Crippen molar-refractivity contribution in [2.24, 2.45) is 5.92 Å². The molecule has 0 radical (unpaired) electrons. The smallest absolute Gasteiger partial charge is 0.223 e. The highest BCUT2D eigenvalue weighted by Gasteiger charge is 2.20. The average molecular weight is 337 g/mol. The minimum absolute atomic E-state index is 0. The molecule has 1 aliphatic carbocycles. The number of nitrogens with zero attached hydrogens (tertiary/aromatic N) is 1. The molecular weight excluding hydrogens is 308 g/mol. The van der Waals surface area contributed by atoms with Crippen LogP contribution in [-0.2, 0) is 11.2 Å². The number of rotatable bonds is 7. The molecule has 1 aliphatic rings. The first kappa shape index (κ1) is 19.6. The molecule has 0 spiro atoms. The Labute approximate surface area is 146 Å². The van der Waals surface area contributed by atoms with E-state index in [4.69, 9.17) is 5.73 Å². The molecule has 1 aromatic rings. The van der Waals surface area contributed by atoms with Crippen molar-refractivity contribution in [3.8, 4) is 0 Å². The third-order valence-corrected chi connectivity index (χ3v) is 4.57. The second kappa shape index (κ2) is 10.3. The third kappa shape index (κ3) is 6.26. The van der Waals surface area contributed by atoms with Gasteiger partial charge >= 0.3 is 0 Å². The number of carbonyl (C=O) groups excluding carboxylic acids is 1. The largest absolute Gasteiger partial charge is 0.399 e. The minimum atomic E-state index is 0. The maximum atomic E-state index is 12.5. The summed E-state index contributed by atoms with van der Waals surface area (Å²) < 4.78 is 0. The lowest BCUT2D eigenvalue weighted by atomic mass is 9.89. The highest BCUT2D eigenvalue weighted by Crippen LogP contribution is 2.24. The topological polar surface area (TPSA) is 46.3 Å². The Hall–Kier alpha value is -1.48. The van der Waals surface area contributed by atoms with Crippen molar-refractivity contribution < 1.29 is 4.79 Å². The maximum Gasteiger partial charge on any atom is 0.223 e. The van der Waals surface area contributed by atoms with Gasteiger partial charge in [0.05, 0.1) is 0 Å². The molecule has 1 aromatic carbocycles. The van der Waals surface area contributed by atoms with E-state index in [1.54, 1.807) is 0 Å². The van der Waals surface area contributed by atoms with Crippen LogP contribution in [0.5, 0.6) is 0 Å². The van der Waals surface area contributed by atoms with Gasteiger partial charge in [0.2, 0.25) is 5.91 Å². The van der Waals surface area contributed by atoms with Gasteiger partial charge in [-0.25, -0.2) is 0 Å². The first-order valence-corrected chi connectivity index (χ1v) is 8.42. The fourth-order valence-corrected chi connectivity index (χ4v) is 3.28. The van der Waals surface area contributed by atoms with E-state index in [0.717, 1.165) is 17.8 Å². The molecule has 4 heteroatoms. The second-order valence-electron chi connectivity index (χ2n) is 6.29.